The second-order valence-corrected chi connectivity index (χ2v) is 6.12. The van der Waals surface area contributed by atoms with Crippen molar-refractivity contribution >= 4 is 17.9 Å². The third-order valence-electron chi connectivity index (χ3n) is 4.28. The Kier molecular flexibility index (Phi) is 5.74. The first-order valence-electron chi connectivity index (χ1n) is 8.93. The van der Waals surface area contributed by atoms with Crippen molar-refractivity contribution in [2.24, 2.45) is 0 Å². The Morgan fingerprint density at radius 2 is 1.88 bits per heavy atom. The van der Waals surface area contributed by atoms with E-state index >= 15 is 0 Å². The summed E-state index contributed by atoms with van der Waals surface area (Å²) in [5, 5.41) is 8.40. The maximum Gasteiger partial charge on any atom is 0.248 e. The topological polar surface area (TPSA) is 56.0 Å². The summed E-state index contributed by atoms with van der Waals surface area (Å²) in [6.45, 7) is 4.19. The van der Waals surface area contributed by atoms with E-state index in [1.807, 2.05) is 43.3 Å². The molecule has 0 N–H and O–H groups in total. The number of benzene rings is 2. The molecule has 0 saturated heterocycles. The van der Waals surface area contributed by atoms with Crippen LogP contribution in [0.1, 0.15) is 54.1 Å². The van der Waals surface area contributed by atoms with Crippen molar-refractivity contribution in [3.05, 3.63) is 71.1 Å². The van der Waals surface area contributed by atoms with Crippen LogP contribution in [0.25, 0.3) is 23.1 Å². The van der Waals surface area contributed by atoms with Gasteiger partial charge in [-0.3, -0.25) is 4.79 Å². The Balaban J connectivity index is 1.95. The fourth-order valence-corrected chi connectivity index (χ4v) is 2.96. The van der Waals surface area contributed by atoms with E-state index in [-0.39, 0.29) is 0 Å². The maximum atomic E-state index is 11.0. The van der Waals surface area contributed by atoms with Gasteiger partial charge in [0.05, 0.1) is 0 Å². The van der Waals surface area contributed by atoms with E-state index in [1.54, 1.807) is 6.07 Å². The molecule has 0 aliphatic rings. The van der Waals surface area contributed by atoms with Gasteiger partial charge in [0.2, 0.25) is 11.8 Å². The van der Waals surface area contributed by atoms with Crippen molar-refractivity contribution in [2.45, 2.75) is 33.1 Å². The van der Waals surface area contributed by atoms with Crippen LogP contribution in [-0.2, 0) is 6.42 Å². The van der Waals surface area contributed by atoms with E-state index in [4.69, 9.17) is 4.42 Å². The molecular weight excluding hydrogens is 324 g/mol. The number of hydrogen-bond acceptors (Lipinski definition) is 4. The van der Waals surface area contributed by atoms with Crippen molar-refractivity contribution in [2.75, 3.05) is 0 Å². The summed E-state index contributed by atoms with van der Waals surface area (Å²) in [4.78, 5) is 11.0. The molecule has 0 radical (unpaired) electrons. The molecule has 0 atom stereocenters. The molecule has 0 amide bonds. The van der Waals surface area contributed by atoms with E-state index in [9.17, 15) is 4.79 Å². The lowest BCUT2D eigenvalue weighted by atomic mass is 10.0. The average Bonchev–Trinajstić information content (AvgIpc) is 3.16. The standard InChI is InChI=1S/C22H22N2O2/c1-3-8-19(18-9-6-5-7-10-18)14-21-23-24-22(26-21)20-12-11-16(15-25)13-17(20)4-2/h5-7,9-15H,3-4,8H2,1-2H3. The van der Waals surface area contributed by atoms with Gasteiger partial charge < -0.3 is 4.42 Å². The highest BCUT2D eigenvalue weighted by Crippen LogP contribution is 2.27. The Morgan fingerprint density at radius 1 is 1.08 bits per heavy atom. The van der Waals surface area contributed by atoms with Gasteiger partial charge in [-0.1, -0.05) is 56.7 Å². The van der Waals surface area contributed by atoms with Gasteiger partial charge in [-0.25, -0.2) is 0 Å². The molecule has 0 bridgehead atoms. The number of rotatable bonds is 7. The quantitative estimate of drug-likeness (QED) is 0.534. The molecule has 0 aliphatic heterocycles. The van der Waals surface area contributed by atoms with Crippen molar-refractivity contribution in [1.82, 2.24) is 10.2 Å². The number of nitrogens with zero attached hydrogens (tertiary/aromatic N) is 2. The van der Waals surface area contributed by atoms with E-state index in [0.717, 1.165) is 36.7 Å². The van der Waals surface area contributed by atoms with Crippen LogP contribution in [0.4, 0.5) is 0 Å². The highest BCUT2D eigenvalue weighted by molar-refractivity contribution is 5.80. The van der Waals surface area contributed by atoms with Crippen LogP contribution < -0.4 is 0 Å². The zero-order valence-corrected chi connectivity index (χ0v) is 15.1. The molecule has 0 spiro atoms. The number of carbonyl (C=O) groups is 1. The summed E-state index contributed by atoms with van der Waals surface area (Å²) in [5.41, 5.74) is 4.89. The molecule has 0 aliphatic carbocycles. The van der Waals surface area contributed by atoms with Gasteiger partial charge in [0.1, 0.15) is 6.29 Å². The summed E-state index contributed by atoms with van der Waals surface area (Å²) in [5.74, 6) is 0.975. The van der Waals surface area contributed by atoms with E-state index in [0.29, 0.717) is 17.3 Å². The molecular formula is C22H22N2O2. The van der Waals surface area contributed by atoms with Crippen LogP contribution in [0.3, 0.4) is 0 Å². The number of allylic oxidation sites excluding steroid dienone is 1. The largest absolute Gasteiger partial charge is 0.417 e. The maximum absolute atomic E-state index is 11.0. The normalized spacial score (nSPS) is 11.5. The monoisotopic (exact) mass is 346 g/mol. The van der Waals surface area contributed by atoms with Gasteiger partial charge in [-0.05, 0) is 41.7 Å². The number of aldehydes is 1. The Hall–Kier alpha value is -3.01. The van der Waals surface area contributed by atoms with Crippen molar-refractivity contribution in [3.8, 4) is 11.5 Å². The second kappa shape index (κ2) is 8.39. The van der Waals surface area contributed by atoms with Crippen LogP contribution >= 0.6 is 0 Å². The Labute approximate surface area is 153 Å². The van der Waals surface area contributed by atoms with Crippen LogP contribution in [0.5, 0.6) is 0 Å². The van der Waals surface area contributed by atoms with Gasteiger partial charge in [-0.15, -0.1) is 10.2 Å². The number of carbonyl (C=O) groups excluding carboxylic acids is 1. The van der Waals surface area contributed by atoms with E-state index in [1.165, 1.54) is 11.1 Å². The zero-order valence-electron chi connectivity index (χ0n) is 15.1. The lowest BCUT2D eigenvalue weighted by Crippen LogP contribution is -1.91. The fraction of sp³-hybridized carbons (Fsp3) is 0.227. The molecule has 0 unspecified atom stereocenters. The molecule has 3 rings (SSSR count). The first-order valence-corrected chi connectivity index (χ1v) is 8.93. The minimum atomic E-state index is 0.481. The van der Waals surface area contributed by atoms with Crippen LogP contribution in [0.2, 0.25) is 0 Å². The highest BCUT2D eigenvalue weighted by atomic mass is 16.4. The number of aryl methyl sites for hydroxylation is 1. The summed E-state index contributed by atoms with van der Waals surface area (Å²) >= 11 is 0. The third-order valence-corrected chi connectivity index (χ3v) is 4.28. The predicted octanol–water partition coefficient (Wildman–Crippen LogP) is 5.45. The summed E-state index contributed by atoms with van der Waals surface area (Å²) in [7, 11) is 0. The van der Waals surface area contributed by atoms with Crippen molar-refractivity contribution in [1.29, 1.82) is 0 Å². The fourth-order valence-electron chi connectivity index (χ4n) is 2.96. The summed E-state index contributed by atoms with van der Waals surface area (Å²) < 4.78 is 5.90. The molecule has 2 aromatic carbocycles. The lowest BCUT2D eigenvalue weighted by molar-refractivity contribution is 0.112. The molecule has 3 aromatic rings. The summed E-state index contributed by atoms with van der Waals surface area (Å²) in [6.07, 6.45) is 5.57. The molecule has 26 heavy (non-hydrogen) atoms. The zero-order chi connectivity index (χ0) is 18.4. The molecule has 1 heterocycles. The molecule has 1 aromatic heterocycles. The molecule has 0 fully saturated rings. The van der Waals surface area contributed by atoms with Gasteiger partial charge in [0.15, 0.2) is 0 Å². The Bertz CT molecular complexity index is 911. The van der Waals surface area contributed by atoms with Crippen LogP contribution in [0.15, 0.2) is 52.9 Å². The first kappa shape index (κ1) is 17.8. The predicted molar refractivity (Wildman–Crippen MR) is 104 cm³/mol. The summed E-state index contributed by atoms with van der Waals surface area (Å²) in [6, 6.07) is 15.8. The minimum Gasteiger partial charge on any atom is -0.417 e. The van der Waals surface area contributed by atoms with E-state index in [2.05, 4.69) is 29.3 Å². The van der Waals surface area contributed by atoms with Gasteiger partial charge in [0, 0.05) is 17.2 Å². The molecule has 4 heteroatoms. The second-order valence-electron chi connectivity index (χ2n) is 6.12. The van der Waals surface area contributed by atoms with E-state index < -0.39 is 0 Å². The highest BCUT2D eigenvalue weighted by Gasteiger charge is 2.12. The number of hydrogen-bond donors (Lipinski definition) is 0. The van der Waals surface area contributed by atoms with Gasteiger partial charge in [-0.2, -0.15) is 0 Å². The average molecular weight is 346 g/mol. The lowest BCUT2D eigenvalue weighted by Gasteiger charge is -2.05. The van der Waals surface area contributed by atoms with Crippen LogP contribution in [-0.4, -0.2) is 16.5 Å². The van der Waals surface area contributed by atoms with Crippen molar-refractivity contribution in [3.63, 3.8) is 0 Å². The van der Waals surface area contributed by atoms with Gasteiger partial charge >= 0.3 is 0 Å². The smallest absolute Gasteiger partial charge is 0.248 e. The van der Waals surface area contributed by atoms with Crippen molar-refractivity contribution < 1.29 is 9.21 Å². The Morgan fingerprint density at radius 3 is 2.58 bits per heavy atom. The minimum absolute atomic E-state index is 0.481. The molecule has 4 nitrogen and oxygen atoms in total. The molecule has 0 saturated carbocycles. The molecule has 132 valence electrons. The third kappa shape index (κ3) is 3.97. The SMILES string of the molecule is CCCC(=Cc1nnc(-c2ccc(C=O)cc2CC)o1)c1ccccc1. The van der Waals surface area contributed by atoms with Crippen LogP contribution in [0, 0.1) is 0 Å². The number of aromatic nitrogens is 2. The first-order chi connectivity index (χ1) is 12.7. The van der Waals surface area contributed by atoms with Gasteiger partial charge in [0.25, 0.3) is 0 Å².